The van der Waals surface area contributed by atoms with E-state index in [9.17, 15) is 4.79 Å². The molecule has 6 nitrogen and oxygen atoms in total. The third kappa shape index (κ3) is 4.82. The summed E-state index contributed by atoms with van der Waals surface area (Å²) in [5.41, 5.74) is 5.72. The Bertz CT molecular complexity index is 964. The molecule has 0 atom stereocenters. The van der Waals surface area contributed by atoms with Gasteiger partial charge >= 0.3 is 0 Å². The fraction of sp³-hybridized carbons (Fsp3) is 0.190. The summed E-state index contributed by atoms with van der Waals surface area (Å²) in [6.07, 6.45) is 0. The van der Waals surface area contributed by atoms with Crippen LogP contribution in [0.4, 0.5) is 28.8 Å². The van der Waals surface area contributed by atoms with Gasteiger partial charge in [-0.15, -0.1) is 0 Å². The van der Waals surface area contributed by atoms with Crippen LogP contribution in [0.1, 0.15) is 23.7 Å². The molecule has 0 saturated carbocycles. The molecule has 6 heteroatoms. The first-order valence-corrected chi connectivity index (χ1v) is 8.74. The zero-order valence-electron chi connectivity index (χ0n) is 15.9. The van der Waals surface area contributed by atoms with Crippen LogP contribution >= 0.6 is 0 Å². The minimum absolute atomic E-state index is 0.112. The molecule has 3 N–H and O–H groups in total. The fourth-order valence-electron chi connectivity index (χ4n) is 2.84. The molecule has 1 aromatic heterocycles. The Labute approximate surface area is 159 Å². The SMILES string of the molecule is CC(=O)Nc1cccc(Nc2nc(C)cc(Nc3c(C)cccc3C)n2)c1. The van der Waals surface area contributed by atoms with Gasteiger partial charge in [-0.25, -0.2) is 4.98 Å². The standard InChI is InChI=1S/C21H23N5O/c1-13-7-5-8-14(2)20(13)25-19-11-15(3)22-21(26-19)24-18-10-6-9-17(12-18)23-16(4)27/h5-12H,1-4H3,(H,23,27)(H2,22,24,25,26). The summed E-state index contributed by atoms with van der Waals surface area (Å²) in [4.78, 5) is 20.3. The Morgan fingerprint density at radius 1 is 0.852 bits per heavy atom. The van der Waals surface area contributed by atoms with E-state index in [1.165, 1.54) is 6.92 Å². The van der Waals surface area contributed by atoms with Crippen molar-refractivity contribution in [2.24, 2.45) is 0 Å². The highest BCUT2D eigenvalue weighted by molar-refractivity contribution is 5.89. The first-order chi connectivity index (χ1) is 12.9. The van der Waals surface area contributed by atoms with Crippen LogP contribution in [0.2, 0.25) is 0 Å². The molecule has 27 heavy (non-hydrogen) atoms. The van der Waals surface area contributed by atoms with Crippen molar-refractivity contribution >= 4 is 34.7 Å². The second-order valence-electron chi connectivity index (χ2n) is 6.50. The molecule has 0 spiro atoms. The first-order valence-electron chi connectivity index (χ1n) is 8.74. The van der Waals surface area contributed by atoms with E-state index in [0.717, 1.165) is 34.0 Å². The highest BCUT2D eigenvalue weighted by atomic mass is 16.1. The van der Waals surface area contributed by atoms with Crippen LogP contribution in [0.25, 0.3) is 0 Å². The van der Waals surface area contributed by atoms with Gasteiger partial charge in [-0.2, -0.15) is 4.98 Å². The predicted molar refractivity (Wildman–Crippen MR) is 110 cm³/mol. The molecule has 0 aliphatic heterocycles. The van der Waals surface area contributed by atoms with Crippen LogP contribution in [0.3, 0.4) is 0 Å². The number of para-hydroxylation sites is 1. The van der Waals surface area contributed by atoms with E-state index in [1.807, 2.05) is 43.3 Å². The Balaban J connectivity index is 1.85. The van der Waals surface area contributed by atoms with E-state index in [1.54, 1.807) is 0 Å². The van der Waals surface area contributed by atoms with Gasteiger partial charge in [0.15, 0.2) is 0 Å². The number of nitrogens with one attached hydrogen (secondary N) is 3. The van der Waals surface area contributed by atoms with Gasteiger partial charge in [0.1, 0.15) is 5.82 Å². The summed E-state index contributed by atoms with van der Waals surface area (Å²) >= 11 is 0. The minimum atomic E-state index is -0.112. The lowest BCUT2D eigenvalue weighted by Crippen LogP contribution is -2.06. The number of benzene rings is 2. The molecular weight excluding hydrogens is 338 g/mol. The third-order valence-corrected chi connectivity index (χ3v) is 4.03. The van der Waals surface area contributed by atoms with Gasteiger partial charge in [0, 0.05) is 35.7 Å². The molecule has 0 unspecified atom stereocenters. The second kappa shape index (κ2) is 7.86. The van der Waals surface area contributed by atoms with Gasteiger partial charge in [0.2, 0.25) is 11.9 Å². The van der Waals surface area contributed by atoms with Gasteiger partial charge < -0.3 is 16.0 Å². The lowest BCUT2D eigenvalue weighted by molar-refractivity contribution is -0.114. The second-order valence-corrected chi connectivity index (χ2v) is 6.50. The van der Waals surface area contributed by atoms with Gasteiger partial charge in [0.25, 0.3) is 0 Å². The molecule has 0 aliphatic rings. The van der Waals surface area contributed by atoms with Crippen LogP contribution in [0.15, 0.2) is 48.5 Å². The van der Waals surface area contributed by atoms with E-state index in [0.29, 0.717) is 11.6 Å². The molecule has 0 fully saturated rings. The minimum Gasteiger partial charge on any atom is -0.340 e. The Morgan fingerprint density at radius 3 is 2.22 bits per heavy atom. The molecule has 1 heterocycles. The highest BCUT2D eigenvalue weighted by Gasteiger charge is 2.07. The van der Waals surface area contributed by atoms with E-state index < -0.39 is 0 Å². The van der Waals surface area contributed by atoms with E-state index >= 15 is 0 Å². The smallest absolute Gasteiger partial charge is 0.229 e. The zero-order valence-corrected chi connectivity index (χ0v) is 15.9. The lowest BCUT2D eigenvalue weighted by atomic mass is 10.1. The van der Waals surface area contributed by atoms with Crippen molar-refractivity contribution in [3.8, 4) is 0 Å². The molecule has 1 amide bonds. The van der Waals surface area contributed by atoms with Crippen molar-refractivity contribution in [3.05, 3.63) is 65.4 Å². The van der Waals surface area contributed by atoms with Crippen LogP contribution in [-0.2, 0) is 4.79 Å². The summed E-state index contributed by atoms with van der Waals surface area (Å²) in [5, 5.41) is 9.36. The average molecular weight is 361 g/mol. The molecule has 0 aliphatic carbocycles. The van der Waals surface area contributed by atoms with Crippen molar-refractivity contribution < 1.29 is 4.79 Å². The molecule has 0 saturated heterocycles. The van der Waals surface area contributed by atoms with Crippen molar-refractivity contribution in [1.29, 1.82) is 0 Å². The van der Waals surface area contributed by atoms with Crippen molar-refractivity contribution in [1.82, 2.24) is 9.97 Å². The largest absolute Gasteiger partial charge is 0.340 e. The fourth-order valence-corrected chi connectivity index (χ4v) is 2.84. The third-order valence-electron chi connectivity index (χ3n) is 4.03. The highest BCUT2D eigenvalue weighted by Crippen LogP contribution is 2.25. The number of rotatable bonds is 5. The lowest BCUT2D eigenvalue weighted by Gasteiger charge is -2.14. The van der Waals surface area contributed by atoms with E-state index in [-0.39, 0.29) is 5.91 Å². The van der Waals surface area contributed by atoms with Gasteiger partial charge in [-0.05, 0) is 50.1 Å². The summed E-state index contributed by atoms with van der Waals surface area (Å²) < 4.78 is 0. The number of aryl methyl sites for hydroxylation is 3. The predicted octanol–water partition coefficient (Wildman–Crippen LogP) is 4.85. The maximum Gasteiger partial charge on any atom is 0.229 e. The Hall–Kier alpha value is -3.41. The molecule has 138 valence electrons. The zero-order chi connectivity index (χ0) is 19.4. The number of aromatic nitrogens is 2. The topological polar surface area (TPSA) is 78.9 Å². The summed E-state index contributed by atoms with van der Waals surface area (Å²) in [7, 11) is 0. The molecule has 3 aromatic rings. The maximum atomic E-state index is 11.2. The van der Waals surface area contributed by atoms with Crippen LogP contribution < -0.4 is 16.0 Å². The summed E-state index contributed by atoms with van der Waals surface area (Å²) in [6, 6.07) is 15.5. The average Bonchev–Trinajstić information content (AvgIpc) is 2.57. The van der Waals surface area contributed by atoms with Crippen molar-refractivity contribution in [3.63, 3.8) is 0 Å². The molecule has 0 bridgehead atoms. The molecule has 3 rings (SSSR count). The number of amides is 1. The molecular formula is C21H23N5O. The van der Waals surface area contributed by atoms with Gasteiger partial charge in [-0.3, -0.25) is 4.79 Å². The number of hydrogen-bond acceptors (Lipinski definition) is 5. The van der Waals surface area contributed by atoms with Crippen LogP contribution in [0.5, 0.6) is 0 Å². The first kappa shape index (κ1) is 18.4. The van der Waals surface area contributed by atoms with Crippen LogP contribution in [0, 0.1) is 20.8 Å². The number of anilines is 5. The number of carbonyl (C=O) groups is 1. The van der Waals surface area contributed by atoms with Crippen LogP contribution in [-0.4, -0.2) is 15.9 Å². The van der Waals surface area contributed by atoms with Crippen molar-refractivity contribution in [2.75, 3.05) is 16.0 Å². The summed E-state index contributed by atoms with van der Waals surface area (Å²) in [6.45, 7) is 7.54. The molecule has 0 radical (unpaired) electrons. The number of nitrogens with zero attached hydrogens (tertiary/aromatic N) is 2. The monoisotopic (exact) mass is 361 g/mol. The van der Waals surface area contributed by atoms with Crippen molar-refractivity contribution in [2.45, 2.75) is 27.7 Å². The molecule has 2 aromatic carbocycles. The van der Waals surface area contributed by atoms with E-state index in [4.69, 9.17) is 0 Å². The van der Waals surface area contributed by atoms with Gasteiger partial charge in [-0.1, -0.05) is 24.3 Å². The summed E-state index contributed by atoms with van der Waals surface area (Å²) in [5.74, 6) is 1.10. The van der Waals surface area contributed by atoms with Gasteiger partial charge in [0.05, 0.1) is 0 Å². The maximum absolute atomic E-state index is 11.2. The quantitative estimate of drug-likeness (QED) is 0.605. The van der Waals surface area contributed by atoms with E-state index in [2.05, 4.69) is 51.9 Å². The Morgan fingerprint density at radius 2 is 1.52 bits per heavy atom. The number of hydrogen-bond donors (Lipinski definition) is 3. The Kier molecular flexibility index (Phi) is 5.35. The number of carbonyl (C=O) groups excluding carboxylic acids is 1. The normalized spacial score (nSPS) is 10.4.